The quantitative estimate of drug-likeness (QED) is 0.103. The van der Waals surface area contributed by atoms with Crippen LogP contribution in [0.2, 0.25) is 0 Å². The van der Waals surface area contributed by atoms with Crippen molar-refractivity contribution in [3.63, 3.8) is 0 Å². The molecule has 0 aliphatic rings. The van der Waals surface area contributed by atoms with Crippen molar-refractivity contribution in [2.24, 2.45) is 17.4 Å². The minimum absolute atomic E-state index is 0.362. The van der Waals surface area contributed by atoms with Crippen LogP contribution in [0.3, 0.4) is 0 Å². The second kappa shape index (κ2) is 15.2. The van der Waals surface area contributed by atoms with Crippen molar-refractivity contribution in [3.8, 4) is 0 Å². The highest BCUT2D eigenvalue weighted by Crippen LogP contribution is 2.11. The summed E-state index contributed by atoms with van der Waals surface area (Å²) in [7, 11) is 0. The number of carboxylic acid groups (broad SMARTS) is 3. The Balaban J connectivity index is 5.63. The first-order valence-corrected chi connectivity index (χ1v) is 10.8. The molecule has 15 nitrogen and oxygen atoms in total. The number of aliphatic carboxylic acids is 3. The third-order valence-electron chi connectivity index (χ3n) is 5.09. The van der Waals surface area contributed by atoms with E-state index in [2.05, 4.69) is 16.0 Å². The molecule has 5 unspecified atom stereocenters. The lowest BCUT2D eigenvalue weighted by Gasteiger charge is -2.28. The molecule has 10 N–H and O–H groups in total. The molecule has 0 radical (unpaired) electrons. The fraction of sp³-hybridized carbons (Fsp3) is 0.650. The summed E-state index contributed by atoms with van der Waals surface area (Å²) in [6, 6.07) is -5.66. The number of hydrogen-bond acceptors (Lipinski definition) is 8. The van der Waals surface area contributed by atoms with Crippen LogP contribution in [0, 0.1) is 5.92 Å². The Bertz CT molecular complexity index is 818. The molecule has 0 saturated heterocycles. The lowest BCUT2D eigenvalue weighted by atomic mass is 9.96. The SMILES string of the molecule is CCC(C)C(NC(=O)C(CCC(=O)O)NC(=O)C(N)CC(N)=O)C(=O)NC(CCC(=O)O)C(=O)O. The van der Waals surface area contributed by atoms with Crippen molar-refractivity contribution in [2.75, 3.05) is 0 Å². The third kappa shape index (κ3) is 12.3. The first-order chi connectivity index (χ1) is 16.2. The summed E-state index contributed by atoms with van der Waals surface area (Å²) in [4.78, 5) is 82.0. The van der Waals surface area contributed by atoms with Gasteiger partial charge in [0.05, 0.1) is 12.5 Å². The van der Waals surface area contributed by atoms with Crippen molar-refractivity contribution in [2.45, 2.75) is 76.5 Å². The highest BCUT2D eigenvalue weighted by atomic mass is 16.4. The molecule has 5 atom stereocenters. The molecule has 4 amide bonds. The predicted molar refractivity (Wildman–Crippen MR) is 118 cm³/mol. The molecule has 0 saturated carbocycles. The summed E-state index contributed by atoms with van der Waals surface area (Å²) in [5.41, 5.74) is 10.5. The van der Waals surface area contributed by atoms with Gasteiger partial charge in [-0.2, -0.15) is 0 Å². The minimum atomic E-state index is -1.53. The van der Waals surface area contributed by atoms with Gasteiger partial charge in [0, 0.05) is 12.8 Å². The Morgan fingerprint density at radius 1 is 0.771 bits per heavy atom. The lowest BCUT2D eigenvalue weighted by molar-refractivity contribution is -0.143. The molecule has 0 fully saturated rings. The molecule has 0 bridgehead atoms. The zero-order chi connectivity index (χ0) is 27.3. The number of rotatable bonds is 17. The largest absolute Gasteiger partial charge is 0.481 e. The van der Waals surface area contributed by atoms with Crippen molar-refractivity contribution < 1.29 is 48.9 Å². The number of amides is 4. The Hall–Kier alpha value is -3.75. The molecule has 35 heavy (non-hydrogen) atoms. The van der Waals surface area contributed by atoms with Crippen LogP contribution in [0.4, 0.5) is 0 Å². The normalized spacial score (nSPS) is 14.9. The summed E-state index contributed by atoms with van der Waals surface area (Å²) >= 11 is 0. The fourth-order valence-electron chi connectivity index (χ4n) is 2.87. The van der Waals surface area contributed by atoms with Crippen LogP contribution in [0.5, 0.6) is 0 Å². The number of primary amides is 1. The van der Waals surface area contributed by atoms with Crippen LogP contribution in [0.1, 0.15) is 52.4 Å². The molecule has 0 aliphatic carbocycles. The van der Waals surface area contributed by atoms with Gasteiger partial charge in [-0.3, -0.25) is 28.8 Å². The van der Waals surface area contributed by atoms with Gasteiger partial charge in [-0.25, -0.2) is 4.79 Å². The first-order valence-electron chi connectivity index (χ1n) is 10.8. The number of carbonyl (C=O) groups excluding carboxylic acids is 4. The molecular formula is C20H33N5O10. The average Bonchev–Trinajstić information content (AvgIpc) is 2.75. The Morgan fingerprint density at radius 2 is 1.26 bits per heavy atom. The summed E-state index contributed by atoms with van der Waals surface area (Å²) in [6.45, 7) is 3.29. The van der Waals surface area contributed by atoms with Gasteiger partial charge >= 0.3 is 17.9 Å². The van der Waals surface area contributed by atoms with E-state index in [9.17, 15) is 38.7 Å². The van der Waals surface area contributed by atoms with E-state index < -0.39 is 97.3 Å². The highest BCUT2D eigenvalue weighted by molar-refractivity contribution is 5.95. The number of carboxylic acids is 3. The monoisotopic (exact) mass is 503 g/mol. The van der Waals surface area contributed by atoms with Crippen molar-refractivity contribution >= 4 is 41.5 Å². The number of carbonyl (C=O) groups is 7. The molecule has 0 aliphatic heterocycles. The van der Waals surface area contributed by atoms with Crippen LogP contribution in [0.25, 0.3) is 0 Å². The van der Waals surface area contributed by atoms with E-state index in [1.807, 2.05) is 0 Å². The van der Waals surface area contributed by atoms with Crippen LogP contribution in [-0.4, -0.2) is 81.0 Å². The van der Waals surface area contributed by atoms with Gasteiger partial charge < -0.3 is 42.7 Å². The smallest absolute Gasteiger partial charge is 0.326 e. The fourth-order valence-corrected chi connectivity index (χ4v) is 2.87. The topological polar surface area (TPSA) is 268 Å². The number of nitrogens with one attached hydrogen (secondary N) is 3. The second-order valence-corrected chi connectivity index (χ2v) is 7.97. The molecular weight excluding hydrogens is 470 g/mol. The maximum Gasteiger partial charge on any atom is 0.326 e. The Morgan fingerprint density at radius 3 is 1.69 bits per heavy atom. The summed E-state index contributed by atoms with van der Waals surface area (Å²) in [5, 5.41) is 33.8. The molecule has 0 rings (SSSR count). The molecule has 198 valence electrons. The maximum absolute atomic E-state index is 12.9. The molecule has 0 heterocycles. The van der Waals surface area contributed by atoms with Gasteiger partial charge in [-0.1, -0.05) is 20.3 Å². The predicted octanol–water partition coefficient (Wildman–Crippen LogP) is -2.50. The van der Waals surface area contributed by atoms with Gasteiger partial charge in [-0.15, -0.1) is 0 Å². The van der Waals surface area contributed by atoms with E-state index in [4.69, 9.17) is 21.7 Å². The van der Waals surface area contributed by atoms with Gasteiger partial charge in [-0.05, 0) is 18.8 Å². The molecule has 0 spiro atoms. The van der Waals surface area contributed by atoms with E-state index in [0.29, 0.717) is 6.42 Å². The molecule has 0 aromatic rings. The van der Waals surface area contributed by atoms with E-state index >= 15 is 0 Å². The highest BCUT2D eigenvalue weighted by Gasteiger charge is 2.33. The van der Waals surface area contributed by atoms with Crippen molar-refractivity contribution in [3.05, 3.63) is 0 Å². The Kier molecular flexibility index (Phi) is 13.6. The van der Waals surface area contributed by atoms with Crippen LogP contribution in [-0.2, 0) is 33.6 Å². The van der Waals surface area contributed by atoms with E-state index in [0.717, 1.165) is 0 Å². The van der Waals surface area contributed by atoms with Crippen LogP contribution < -0.4 is 27.4 Å². The molecule has 0 aromatic heterocycles. The number of hydrogen-bond donors (Lipinski definition) is 8. The standard InChI is InChI=1S/C20H33N5O10/c1-3-9(2)16(19(33)24-12(20(34)35)5-7-15(29)30)25-18(32)11(4-6-14(27)28)23-17(31)10(21)8-13(22)26/h9-12,16H,3-8,21H2,1-2H3,(H2,22,26)(H,23,31)(H,24,33)(H,25,32)(H,27,28)(H,29,30)(H,34,35). The van der Waals surface area contributed by atoms with E-state index in [1.54, 1.807) is 13.8 Å². The summed E-state index contributed by atoms with van der Waals surface area (Å²) in [5.74, 6) is -8.18. The van der Waals surface area contributed by atoms with Gasteiger partial charge in [0.25, 0.3) is 0 Å². The van der Waals surface area contributed by atoms with Crippen LogP contribution >= 0.6 is 0 Å². The van der Waals surface area contributed by atoms with Crippen molar-refractivity contribution in [1.82, 2.24) is 16.0 Å². The summed E-state index contributed by atoms with van der Waals surface area (Å²) in [6.07, 6.45) is -1.98. The number of nitrogens with two attached hydrogens (primary N) is 2. The maximum atomic E-state index is 12.9. The lowest BCUT2D eigenvalue weighted by Crippen LogP contribution is -2.58. The van der Waals surface area contributed by atoms with Crippen LogP contribution in [0.15, 0.2) is 0 Å². The Labute approximate surface area is 201 Å². The second-order valence-electron chi connectivity index (χ2n) is 7.97. The van der Waals surface area contributed by atoms with Gasteiger partial charge in [0.1, 0.15) is 18.1 Å². The van der Waals surface area contributed by atoms with E-state index in [-0.39, 0.29) is 6.42 Å². The average molecular weight is 504 g/mol. The zero-order valence-electron chi connectivity index (χ0n) is 19.5. The van der Waals surface area contributed by atoms with Gasteiger partial charge in [0.15, 0.2) is 0 Å². The minimum Gasteiger partial charge on any atom is -0.481 e. The molecule has 15 heteroatoms. The molecule has 0 aromatic carbocycles. The zero-order valence-corrected chi connectivity index (χ0v) is 19.5. The summed E-state index contributed by atoms with van der Waals surface area (Å²) < 4.78 is 0. The van der Waals surface area contributed by atoms with E-state index in [1.165, 1.54) is 0 Å². The van der Waals surface area contributed by atoms with Crippen molar-refractivity contribution in [1.29, 1.82) is 0 Å². The first kappa shape index (κ1) is 31.2. The third-order valence-corrected chi connectivity index (χ3v) is 5.09. The van der Waals surface area contributed by atoms with Gasteiger partial charge in [0.2, 0.25) is 23.6 Å².